The first-order valence-electron chi connectivity index (χ1n) is 46.6. The van der Waals surface area contributed by atoms with E-state index >= 15 is 0 Å². The molecule has 18 aromatic rings. The normalized spacial score (nSPS) is 14.6. The van der Waals surface area contributed by atoms with Crippen molar-refractivity contribution in [1.29, 1.82) is 0 Å². The molecule has 0 fully saturated rings. The zero-order valence-corrected chi connectivity index (χ0v) is 92.6. The predicted octanol–water partition coefficient (Wildman–Crippen LogP) is 18.2. The fraction of sp³-hybridized carbons (Fsp3) is 0.0991. The van der Waals surface area contributed by atoms with E-state index in [0.29, 0.717) is 11.5 Å². The Morgan fingerprint density at radius 1 is 0.227 bits per heavy atom. The molecule has 0 saturated carbocycles. The Kier molecular flexibility index (Phi) is 29.1. The van der Waals surface area contributed by atoms with Gasteiger partial charge in [0.05, 0.1) is 8.07 Å². The molecule has 33 nitrogen and oxygen atoms in total. The van der Waals surface area contributed by atoms with Gasteiger partial charge in [0.1, 0.15) is 93.1 Å². The van der Waals surface area contributed by atoms with Gasteiger partial charge in [-0.2, -0.15) is 144 Å². The number of rotatable bonds is 16. The Hall–Kier alpha value is -15.2. The molecule has 150 heavy (non-hydrogen) atoms. The van der Waals surface area contributed by atoms with Gasteiger partial charge in [-0.25, -0.2) is 79.7 Å². The van der Waals surface area contributed by atoms with Crippen LogP contribution in [0.25, 0.3) is 11.1 Å². The molecule has 0 radical (unpaired) electrons. The summed E-state index contributed by atoms with van der Waals surface area (Å²) in [5.74, 6) is 13.9. The van der Waals surface area contributed by atoms with E-state index in [9.17, 15) is 0 Å². The largest absolute Gasteiger partial charge is 4.00 e. The topological polar surface area (TPSA) is 267 Å². The Labute approximate surface area is 932 Å². The Bertz CT molecular complexity index is 7370. The van der Waals surface area contributed by atoms with Crippen LogP contribution in [0.3, 0.4) is 0 Å². The standard InChI is InChI=1S/C37H26N8.C26H24N8Si.C24H18N8O.C24H18N8S.4Pt/c1-42-23-44(35-33(42)38-17-19-40-35)27-11-7-9-25(21-27)37(31-15-5-3-13-29(31)30-14-4-6-16-32(30)37)26-10-8-12-28(22-26)45-24-43(2)34-36(45)41-20-18-39-34;1-31-17-33(25-23(31)27-11-13-29-25)19-7-5-9-21(15-19)35(3,4)22-10-6-8-20(16-22)34-18-32(2)24-26(34)30-14-12-28-24;2*1-29-15-31(23-21(29)25-9-11-27-23)17-5-3-7-19(13-17)33-20-8-4-6-18(14-20)32-16-30(2)22-24(32)28-12-10-26-22;;;;/h3-20,23-24H,1-2H3;5-14,17-18H,1-4H3;2*3-12,15-16H,1-2H3;;;;/q4*-4;4*+4. The van der Waals surface area contributed by atoms with Crippen molar-refractivity contribution in [3.8, 4) is 22.6 Å². The molecule has 0 spiro atoms. The third kappa shape index (κ3) is 18.7. The van der Waals surface area contributed by atoms with E-state index in [0.717, 1.165) is 160 Å². The van der Waals surface area contributed by atoms with Crippen LogP contribution in [0.15, 0.2) is 303 Å². The number of hydrogen-bond acceptors (Lipinski definition) is 34. The van der Waals surface area contributed by atoms with Crippen molar-refractivity contribution >= 4 is 169 Å². The van der Waals surface area contributed by atoms with E-state index in [-0.39, 0.29) is 84.3 Å². The van der Waals surface area contributed by atoms with E-state index in [2.05, 4.69) is 272 Å². The van der Waals surface area contributed by atoms with Gasteiger partial charge in [0.2, 0.25) is 0 Å². The third-order valence-corrected chi connectivity index (χ3v) is 30.0. The zero-order valence-electron chi connectivity index (χ0n) is 81.7. The molecule has 0 bridgehead atoms. The molecular formula is C111H86N32OPt4SSi. The van der Waals surface area contributed by atoms with E-state index in [4.69, 9.17) is 4.74 Å². The summed E-state index contributed by atoms with van der Waals surface area (Å²) in [6.45, 7) is 20.5. The maximum atomic E-state index is 6.12. The third-order valence-electron chi connectivity index (χ3n) is 25.8. The molecular weight excluding hydrogens is 2640 g/mol. The number of anilines is 24. The first-order valence-corrected chi connectivity index (χ1v) is 50.4. The van der Waals surface area contributed by atoms with Gasteiger partial charge < -0.3 is 83.1 Å². The van der Waals surface area contributed by atoms with Crippen molar-refractivity contribution in [2.75, 3.05) is 135 Å². The maximum absolute atomic E-state index is 6.12. The molecule has 0 amide bonds. The number of hydrogen-bond donors (Lipinski definition) is 0. The molecule has 10 aromatic carbocycles. The Balaban J connectivity index is 0.000000121. The van der Waals surface area contributed by atoms with Crippen molar-refractivity contribution in [2.45, 2.75) is 28.3 Å². The van der Waals surface area contributed by atoms with Crippen molar-refractivity contribution in [3.05, 3.63) is 417 Å². The first kappa shape index (κ1) is 102. The van der Waals surface area contributed by atoms with Gasteiger partial charge in [-0.05, 0) is 78.6 Å². The number of nitrogens with zero attached hydrogens (tertiary/aromatic N) is 32. The molecule has 746 valence electrons. The van der Waals surface area contributed by atoms with Crippen molar-refractivity contribution < 1.29 is 89.0 Å². The molecule has 1 aliphatic carbocycles. The van der Waals surface area contributed by atoms with Crippen LogP contribution >= 0.6 is 11.8 Å². The van der Waals surface area contributed by atoms with Gasteiger partial charge >= 0.3 is 84.3 Å². The number of fused-ring (bicyclic) bond motifs is 11. The van der Waals surface area contributed by atoms with Crippen molar-refractivity contribution in [2.24, 2.45) is 0 Å². The Morgan fingerprint density at radius 3 is 0.693 bits per heavy atom. The summed E-state index contributed by atoms with van der Waals surface area (Å²) >= 11 is 1.61. The van der Waals surface area contributed by atoms with Gasteiger partial charge in [0.15, 0.2) is 0 Å². The fourth-order valence-corrected chi connectivity index (χ4v) is 22.1. The monoisotopic (exact) mass is 2720 g/mol. The minimum atomic E-state index is -2.13. The van der Waals surface area contributed by atoms with Crippen LogP contribution in [0, 0.1) is 102 Å². The zero-order chi connectivity index (χ0) is 99.0. The molecule has 39 heteroatoms. The molecule has 0 atom stereocenters. The Morgan fingerprint density at radius 2 is 0.433 bits per heavy atom. The van der Waals surface area contributed by atoms with E-state index < -0.39 is 13.5 Å². The van der Waals surface area contributed by atoms with Crippen LogP contribution < -0.4 is 93.5 Å². The summed E-state index contributed by atoms with van der Waals surface area (Å²) in [7, 11) is 13.6. The molecule has 0 saturated heterocycles. The van der Waals surface area contributed by atoms with Crippen LogP contribution in [0.5, 0.6) is 11.5 Å². The molecule has 0 N–H and O–H groups in total. The maximum Gasteiger partial charge on any atom is 4.00 e. The molecule has 0 unspecified atom stereocenters. The summed E-state index contributed by atoms with van der Waals surface area (Å²) in [5, 5.41) is 2.39. The van der Waals surface area contributed by atoms with E-state index in [1.165, 1.54) is 32.6 Å². The van der Waals surface area contributed by atoms with Crippen LogP contribution in [-0.2, 0) is 89.7 Å². The molecule has 9 aliphatic rings. The SMILES string of the molecule is CN1[CH-]N(c2[c-]c(C3(c4[c-]c(N5[CH-]N(C)c6nccnc65)ccc4)c4ccccc4-c4ccccc43)ccc2)c2nccnc21.CN1[CH-]N(c2[c-]c(Oc3[c-]c(N4[CH-]N(C)c5nccnc54)ccc3)ccc2)c2nccnc21.CN1[CH-]N(c2[c-]c(Sc3[c-]c(N4[CH-]N(C)c5nccnc54)ccc3)ccc2)c2nccnc21.CN1[CH-]N(c2[c-]c([Si](C)(C)c3[c-]c(N4[CH-]N(C)c5nccnc54)ccc3)ccc2)c2nccnc21.[Pt+4].[Pt+4].[Pt+4].[Pt+4]. The van der Waals surface area contributed by atoms with Gasteiger partial charge in [-0.3, -0.25) is 0 Å². The average molecular weight is 2720 g/mol. The summed E-state index contributed by atoms with van der Waals surface area (Å²) in [5.41, 5.74) is 13.2. The van der Waals surface area contributed by atoms with Gasteiger partial charge in [0.25, 0.3) is 0 Å². The molecule has 16 heterocycles. The number of aromatic nitrogens is 16. The van der Waals surface area contributed by atoms with Gasteiger partial charge in [0, 0.05) is 116 Å². The summed E-state index contributed by atoms with van der Waals surface area (Å²) in [6, 6.07) is 95.1. The summed E-state index contributed by atoms with van der Waals surface area (Å²) in [6.07, 6.45) is 27.3. The quantitative estimate of drug-likeness (QED) is 0.0642. The predicted molar refractivity (Wildman–Crippen MR) is 569 cm³/mol. The van der Waals surface area contributed by atoms with Crippen LogP contribution in [-0.4, -0.2) is 144 Å². The first-order chi connectivity index (χ1) is 71.4. The molecule has 8 aromatic heterocycles. The van der Waals surface area contributed by atoms with Crippen molar-refractivity contribution in [3.63, 3.8) is 0 Å². The number of ether oxygens (including phenoxy) is 1. The van der Waals surface area contributed by atoms with Gasteiger partial charge in [-0.1, -0.05) is 73.0 Å². The summed E-state index contributed by atoms with van der Waals surface area (Å²) < 4.78 is 6.12. The van der Waals surface area contributed by atoms with Crippen LogP contribution in [0.2, 0.25) is 13.1 Å². The van der Waals surface area contributed by atoms with Gasteiger partial charge in [-0.15, -0.1) is 181 Å². The molecule has 8 aliphatic heterocycles. The second-order valence-corrected chi connectivity index (χ2v) is 40.9. The average Bonchev–Trinajstić information content (AvgIpc) is 1.53. The minimum absolute atomic E-state index is 0. The second-order valence-electron chi connectivity index (χ2n) is 35.5. The summed E-state index contributed by atoms with van der Waals surface area (Å²) in [4.78, 5) is 106. The second kappa shape index (κ2) is 42.8. The van der Waals surface area contributed by atoms with E-state index in [1.54, 1.807) is 111 Å². The fourth-order valence-electron chi connectivity index (χ4n) is 19.1. The molecule has 27 rings (SSSR count). The van der Waals surface area contributed by atoms with Crippen LogP contribution in [0.4, 0.5) is 139 Å². The smallest absolute Gasteiger partial charge is 0.509 e. The van der Waals surface area contributed by atoms with Crippen LogP contribution in [0.1, 0.15) is 22.3 Å². The van der Waals surface area contributed by atoms with Crippen molar-refractivity contribution in [1.82, 2.24) is 79.7 Å². The van der Waals surface area contributed by atoms with E-state index in [1.807, 2.05) is 251 Å². The minimum Gasteiger partial charge on any atom is -0.509 e. The number of benzene rings is 10.